The molecule has 11 heteroatoms. The van der Waals surface area contributed by atoms with Crippen molar-refractivity contribution >= 4 is 35.1 Å². The number of hydrogen-bond donors (Lipinski definition) is 2. The van der Waals surface area contributed by atoms with Gasteiger partial charge in [-0.05, 0) is 12.1 Å². The summed E-state index contributed by atoms with van der Waals surface area (Å²) in [5.74, 6) is -0.139. The molecule has 0 aliphatic carbocycles. The van der Waals surface area contributed by atoms with Crippen LogP contribution < -0.4 is 9.46 Å². The Bertz CT molecular complexity index is 868. The Kier molecular flexibility index (Phi) is 6.74. The van der Waals surface area contributed by atoms with E-state index in [1.54, 1.807) is 24.3 Å². The average Bonchev–Trinajstić information content (AvgIpc) is 2.60. The Balaban J connectivity index is 2.39. The number of benzene rings is 1. The Hall–Kier alpha value is -2.63. The smallest absolute Gasteiger partial charge is 0.287 e. The van der Waals surface area contributed by atoms with Crippen molar-refractivity contribution in [1.82, 2.24) is 14.7 Å². The van der Waals surface area contributed by atoms with Crippen LogP contribution in [0, 0.1) is 4.64 Å². The third kappa shape index (κ3) is 5.17. The van der Waals surface area contributed by atoms with Crippen molar-refractivity contribution in [2.24, 2.45) is 5.16 Å². The first-order chi connectivity index (χ1) is 12.0. The number of aromatic amines is 1. The predicted octanol–water partition coefficient (Wildman–Crippen LogP) is 1.62. The van der Waals surface area contributed by atoms with Gasteiger partial charge in [0.25, 0.3) is 17.2 Å². The summed E-state index contributed by atoms with van der Waals surface area (Å²) in [5, 5.41) is 3.69. The molecule has 25 heavy (non-hydrogen) atoms. The highest BCUT2D eigenvalue weighted by molar-refractivity contribution is 7.78. The van der Waals surface area contributed by atoms with E-state index in [9.17, 15) is 9.00 Å². The first-order valence-electron chi connectivity index (χ1n) is 6.75. The molecule has 9 nitrogen and oxygen atoms in total. The van der Waals surface area contributed by atoms with Gasteiger partial charge in [-0.3, -0.25) is 8.98 Å². The van der Waals surface area contributed by atoms with Crippen LogP contribution in [0.4, 0.5) is 0 Å². The lowest BCUT2D eigenvalue weighted by Crippen LogP contribution is -2.34. The topological polar surface area (TPSA) is 115 Å². The van der Waals surface area contributed by atoms with E-state index in [0.717, 1.165) is 0 Å². The molecule has 1 aromatic carbocycles. The molecule has 0 spiro atoms. The minimum absolute atomic E-state index is 0.142. The molecule has 0 aliphatic rings. The van der Waals surface area contributed by atoms with Gasteiger partial charge < -0.3 is 14.6 Å². The summed E-state index contributed by atoms with van der Waals surface area (Å²) in [4.78, 5) is 23.6. The van der Waals surface area contributed by atoms with Gasteiger partial charge in [0.2, 0.25) is 5.88 Å². The lowest BCUT2D eigenvalue weighted by atomic mass is 10.1. The van der Waals surface area contributed by atoms with Gasteiger partial charge in [0.05, 0.1) is 19.0 Å². The summed E-state index contributed by atoms with van der Waals surface area (Å²) >= 11 is 2.97. The molecule has 1 unspecified atom stereocenters. The molecule has 2 aromatic rings. The van der Waals surface area contributed by atoms with Crippen molar-refractivity contribution in [2.45, 2.75) is 0 Å². The minimum atomic E-state index is -2.01. The maximum Gasteiger partial charge on any atom is 0.287 e. The fourth-order valence-corrected chi connectivity index (χ4v) is 2.24. The highest BCUT2D eigenvalue weighted by Gasteiger charge is 2.21. The number of H-pyrrole nitrogens is 1. The second-order valence-electron chi connectivity index (χ2n) is 4.30. The quantitative estimate of drug-likeness (QED) is 0.425. The van der Waals surface area contributed by atoms with Crippen LogP contribution in [-0.4, -0.2) is 40.0 Å². The number of amides is 1. The summed E-state index contributed by atoms with van der Waals surface area (Å²) in [5.41, 5.74) is 0.169. The molecule has 0 fully saturated rings. The van der Waals surface area contributed by atoms with Gasteiger partial charge in [-0.15, -0.1) is 0 Å². The molecule has 0 bridgehead atoms. The summed E-state index contributed by atoms with van der Waals surface area (Å²) in [6, 6.07) is 8.13. The molecule has 1 aromatic heterocycles. The maximum absolute atomic E-state index is 12.3. The predicted molar refractivity (Wildman–Crippen MR) is 92.8 cm³/mol. The Morgan fingerprint density at radius 3 is 2.80 bits per heavy atom. The maximum atomic E-state index is 12.3. The van der Waals surface area contributed by atoms with Crippen LogP contribution in [-0.2, 0) is 25.1 Å². The van der Waals surface area contributed by atoms with Gasteiger partial charge in [0.15, 0.2) is 5.71 Å². The molecule has 0 aliphatic heterocycles. The fraction of sp³-hybridized carbons (Fsp3) is 0.143. The van der Waals surface area contributed by atoms with E-state index in [-0.39, 0.29) is 5.71 Å². The number of carbonyl (C=O) groups excluding carboxylic acids is 1. The Morgan fingerprint density at radius 1 is 1.36 bits per heavy atom. The number of oxime groups is 1. The molecular weight excluding hydrogens is 368 g/mol. The molecule has 1 atom stereocenters. The van der Waals surface area contributed by atoms with E-state index in [1.165, 1.54) is 26.6 Å². The van der Waals surface area contributed by atoms with Crippen molar-refractivity contribution in [1.29, 1.82) is 0 Å². The monoisotopic (exact) mass is 382 g/mol. The highest BCUT2D eigenvalue weighted by Crippen LogP contribution is 2.24. The second kappa shape index (κ2) is 9.01. The van der Waals surface area contributed by atoms with Gasteiger partial charge in [-0.1, -0.05) is 29.5 Å². The van der Waals surface area contributed by atoms with Crippen molar-refractivity contribution in [3.05, 3.63) is 46.9 Å². The number of hydrogen-bond acceptors (Lipinski definition) is 8. The van der Waals surface area contributed by atoms with Gasteiger partial charge in [0, 0.05) is 6.07 Å². The number of nitrogens with zero attached hydrogens (tertiary/aromatic N) is 2. The molecule has 0 radical (unpaired) electrons. The summed E-state index contributed by atoms with van der Waals surface area (Å²) < 4.78 is 24.1. The lowest BCUT2D eigenvalue weighted by molar-refractivity contribution is -0.113. The average molecular weight is 382 g/mol. The number of nitrogens with one attached hydrogen (secondary N) is 2. The third-order valence-electron chi connectivity index (χ3n) is 2.74. The summed E-state index contributed by atoms with van der Waals surface area (Å²) in [6.45, 7) is 0. The van der Waals surface area contributed by atoms with Crippen molar-refractivity contribution in [2.75, 3.05) is 14.2 Å². The summed E-state index contributed by atoms with van der Waals surface area (Å²) in [7, 11) is 2.47. The van der Waals surface area contributed by atoms with E-state index in [1.807, 2.05) is 0 Å². The van der Waals surface area contributed by atoms with E-state index < -0.39 is 17.2 Å². The minimum Gasteiger partial charge on any atom is -0.440 e. The number of para-hydroxylation sites is 1. The fourth-order valence-electron chi connectivity index (χ4n) is 1.75. The molecule has 2 N–H and O–H groups in total. The Labute approximate surface area is 150 Å². The van der Waals surface area contributed by atoms with Crippen LogP contribution in [0.15, 0.2) is 41.8 Å². The SMILES string of the molecule is CO/N=C(/C(=O)NS(=O)OC)c1ccccc1Oc1cc(=S)nc[nH]1. The molecule has 0 saturated carbocycles. The third-order valence-corrected chi connectivity index (χ3v) is 3.62. The van der Waals surface area contributed by atoms with Crippen molar-refractivity contribution in [3.63, 3.8) is 0 Å². The van der Waals surface area contributed by atoms with E-state index >= 15 is 0 Å². The molecular formula is C14H14N4O5S2. The zero-order valence-electron chi connectivity index (χ0n) is 13.2. The number of ether oxygens (including phenoxy) is 1. The number of aromatic nitrogens is 2. The first-order valence-corrected chi connectivity index (χ1v) is 8.23. The normalized spacial score (nSPS) is 12.3. The summed E-state index contributed by atoms with van der Waals surface area (Å²) in [6.07, 6.45) is 1.39. The van der Waals surface area contributed by atoms with Crippen LogP contribution >= 0.6 is 12.2 Å². The van der Waals surface area contributed by atoms with Crippen molar-refractivity contribution < 1.29 is 22.8 Å². The molecule has 132 valence electrons. The van der Waals surface area contributed by atoms with Gasteiger partial charge in [0.1, 0.15) is 17.5 Å². The first kappa shape index (κ1) is 18.7. The zero-order valence-corrected chi connectivity index (χ0v) is 14.8. The van der Waals surface area contributed by atoms with Crippen LogP contribution in [0.2, 0.25) is 0 Å². The lowest BCUT2D eigenvalue weighted by Gasteiger charge is -2.12. The van der Waals surface area contributed by atoms with Gasteiger partial charge in [-0.2, -0.15) is 0 Å². The van der Waals surface area contributed by atoms with Gasteiger partial charge in [-0.25, -0.2) is 13.9 Å². The molecule has 2 rings (SSSR count). The zero-order chi connectivity index (χ0) is 18.2. The second-order valence-corrected chi connectivity index (χ2v) is 5.73. The number of rotatable bonds is 7. The van der Waals surface area contributed by atoms with Crippen LogP contribution in [0.1, 0.15) is 5.56 Å². The molecule has 1 amide bonds. The van der Waals surface area contributed by atoms with Crippen LogP contribution in [0.5, 0.6) is 11.6 Å². The van der Waals surface area contributed by atoms with Crippen molar-refractivity contribution in [3.8, 4) is 11.6 Å². The van der Waals surface area contributed by atoms with E-state index in [4.69, 9.17) is 21.8 Å². The standard InChI is InChI=1S/C14H14N4O5S2/c1-21-17-13(14(19)18-25(20)22-2)9-5-3-4-6-10(9)23-11-7-12(24)16-8-15-11/h3-8H,1-2H3,(H,18,19)(H,15,16,24)/b17-13+. The molecule has 0 saturated heterocycles. The van der Waals surface area contributed by atoms with Gasteiger partial charge >= 0.3 is 0 Å². The number of carbonyl (C=O) groups is 1. The highest BCUT2D eigenvalue weighted by atomic mass is 32.2. The Morgan fingerprint density at radius 2 is 2.12 bits per heavy atom. The largest absolute Gasteiger partial charge is 0.440 e. The molecule has 1 heterocycles. The van der Waals surface area contributed by atoms with E-state index in [0.29, 0.717) is 21.8 Å². The van der Waals surface area contributed by atoms with Crippen LogP contribution in [0.25, 0.3) is 0 Å². The van der Waals surface area contributed by atoms with Crippen LogP contribution in [0.3, 0.4) is 0 Å². The van der Waals surface area contributed by atoms with E-state index in [2.05, 4.69) is 24.0 Å².